The molecule has 2 heterocycles. The minimum absolute atomic E-state index is 0.113. The third-order valence-corrected chi connectivity index (χ3v) is 9.08. The van der Waals surface area contributed by atoms with E-state index in [1.807, 2.05) is 18.3 Å². The van der Waals surface area contributed by atoms with Gasteiger partial charge in [0.1, 0.15) is 16.3 Å². The van der Waals surface area contributed by atoms with E-state index in [1.54, 1.807) is 0 Å². The highest BCUT2D eigenvalue weighted by Crippen LogP contribution is 2.48. The minimum atomic E-state index is -0.640. The van der Waals surface area contributed by atoms with E-state index in [0.717, 1.165) is 59.9 Å². The molecule has 0 unspecified atom stereocenters. The van der Waals surface area contributed by atoms with Crippen LogP contribution in [-0.4, -0.2) is 21.7 Å². The van der Waals surface area contributed by atoms with Gasteiger partial charge in [-0.2, -0.15) is 0 Å². The molecule has 5 heteroatoms. The number of aryl methyl sites for hydroxylation is 1. The van der Waals surface area contributed by atoms with E-state index in [2.05, 4.69) is 62.2 Å². The number of fused-ring (bicyclic) bond motifs is 1. The number of hydrogen-bond acceptors (Lipinski definition) is 4. The number of aliphatic hydroxyl groups is 1. The number of cyclic esters (lactones) is 1. The largest absolute Gasteiger partial charge is 0.511 e. The number of carbonyl (C=O) groups is 1. The van der Waals surface area contributed by atoms with Gasteiger partial charge in [-0.25, -0.2) is 4.79 Å². The average Bonchev–Trinajstić information content (AvgIpc) is 3.33. The smallest absolute Gasteiger partial charge is 0.349 e. The summed E-state index contributed by atoms with van der Waals surface area (Å²) in [5.74, 6) is 0.0919. The predicted octanol–water partition coefficient (Wildman–Crippen LogP) is 8.23. The Hall–Kier alpha value is -2.66. The number of aliphatic hydroxyl groups excluding tert-OH is 1. The number of esters is 1. The van der Waals surface area contributed by atoms with Crippen molar-refractivity contribution in [3.8, 4) is 0 Å². The van der Waals surface area contributed by atoms with Crippen LogP contribution in [-0.2, 0) is 21.4 Å². The Labute approximate surface area is 218 Å². The van der Waals surface area contributed by atoms with Gasteiger partial charge in [0.15, 0.2) is 0 Å². The molecular weight excluding hydrogens is 466 g/mol. The Bertz CT molecular complexity index is 1260. The van der Waals surface area contributed by atoms with Crippen molar-refractivity contribution >= 4 is 28.6 Å². The third-order valence-electron chi connectivity index (χ3n) is 7.91. The molecule has 0 radical (unpaired) electrons. The summed E-state index contributed by atoms with van der Waals surface area (Å²) in [6.45, 7) is 6.52. The van der Waals surface area contributed by atoms with E-state index in [0.29, 0.717) is 11.3 Å². The summed E-state index contributed by atoms with van der Waals surface area (Å²) >= 11 is 1.36. The standard InChI is InChI=1S/C31H37NO3S/c1-30(2,3)24-19-25-22(15-17-32-25)18-27(24)36-28-26(33)20-31(35-29(28)34,23-12-8-5-9-13-23)16-14-21-10-6-4-7-11-21/h4,6-7,10-11,15,17-19,23,32-33H,5,8-9,12-14,16,20H2,1-3H3/t31-/m0/s1. The molecule has 4 nitrogen and oxygen atoms in total. The van der Waals surface area contributed by atoms with Crippen LogP contribution >= 0.6 is 11.8 Å². The van der Waals surface area contributed by atoms with Crippen molar-refractivity contribution in [2.24, 2.45) is 5.92 Å². The fraction of sp³-hybridized carbons (Fsp3) is 0.452. The highest BCUT2D eigenvalue weighted by atomic mass is 32.2. The summed E-state index contributed by atoms with van der Waals surface area (Å²) in [5.41, 5.74) is 2.70. The van der Waals surface area contributed by atoms with Gasteiger partial charge in [0, 0.05) is 28.4 Å². The number of carbonyl (C=O) groups excluding carboxylic acids is 1. The summed E-state index contributed by atoms with van der Waals surface area (Å²) in [6.07, 6.45) is 9.56. The van der Waals surface area contributed by atoms with Crippen LogP contribution in [0.2, 0.25) is 0 Å². The first kappa shape index (κ1) is 25.0. The molecule has 1 aliphatic carbocycles. The number of H-pyrrole nitrogens is 1. The van der Waals surface area contributed by atoms with Gasteiger partial charge in [-0.1, -0.05) is 82.1 Å². The molecule has 2 N–H and O–H groups in total. The van der Waals surface area contributed by atoms with Gasteiger partial charge in [0.25, 0.3) is 0 Å². The molecule has 0 amide bonds. The molecule has 0 bridgehead atoms. The maximum Gasteiger partial charge on any atom is 0.349 e. The van der Waals surface area contributed by atoms with E-state index >= 15 is 0 Å². The molecule has 1 saturated carbocycles. The summed E-state index contributed by atoms with van der Waals surface area (Å²) in [5, 5.41) is 12.5. The van der Waals surface area contributed by atoms with E-state index in [-0.39, 0.29) is 23.1 Å². The van der Waals surface area contributed by atoms with Crippen molar-refractivity contribution < 1.29 is 14.6 Å². The summed E-state index contributed by atoms with van der Waals surface area (Å²) in [7, 11) is 0. The normalized spacial score (nSPS) is 21.7. The van der Waals surface area contributed by atoms with Gasteiger partial charge in [-0.3, -0.25) is 0 Å². The molecular formula is C31H37NO3S. The first-order valence-corrected chi connectivity index (χ1v) is 14.1. The molecule has 2 aromatic carbocycles. The van der Waals surface area contributed by atoms with Crippen LogP contribution in [0.5, 0.6) is 0 Å². The van der Waals surface area contributed by atoms with Crippen LogP contribution in [0.1, 0.15) is 76.8 Å². The lowest BCUT2D eigenvalue weighted by Gasteiger charge is -2.44. The number of aromatic amines is 1. The zero-order valence-corrected chi connectivity index (χ0v) is 22.4. The van der Waals surface area contributed by atoms with Crippen LogP contribution in [0.4, 0.5) is 0 Å². The van der Waals surface area contributed by atoms with Crippen LogP contribution in [0.3, 0.4) is 0 Å². The molecule has 1 aromatic heterocycles. The molecule has 0 saturated heterocycles. The molecule has 3 aromatic rings. The Morgan fingerprint density at radius 3 is 2.53 bits per heavy atom. The van der Waals surface area contributed by atoms with Crippen LogP contribution in [0.25, 0.3) is 10.9 Å². The fourth-order valence-electron chi connectivity index (χ4n) is 5.91. The molecule has 1 fully saturated rings. The molecule has 190 valence electrons. The maximum absolute atomic E-state index is 13.6. The highest BCUT2D eigenvalue weighted by molar-refractivity contribution is 8.04. The lowest BCUT2D eigenvalue weighted by atomic mass is 9.71. The van der Waals surface area contributed by atoms with Gasteiger partial charge >= 0.3 is 5.97 Å². The van der Waals surface area contributed by atoms with Crippen molar-refractivity contribution in [1.29, 1.82) is 0 Å². The van der Waals surface area contributed by atoms with Gasteiger partial charge in [0.2, 0.25) is 0 Å². The van der Waals surface area contributed by atoms with Gasteiger partial charge in [0.05, 0.1) is 0 Å². The van der Waals surface area contributed by atoms with Gasteiger partial charge in [-0.15, -0.1) is 0 Å². The number of nitrogens with one attached hydrogen (secondary N) is 1. The summed E-state index contributed by atoms with van der Waals surface area (Å²) in [6, 6.07) is 16.7. The van der Waals surface area contributed by atoms with E-state index in [1.165, 1.54) is 23.7 Å². The lowest BCUT2D eigenvalue weighted by molar-refractivity contribution is -0.168. The number of hydrogen-bond donors (Lipinski definition) is 2. The first-order valence-electron chi connectivity index (χ1n) is 13.2. The fourth-order valence-corrected chi connectivity index (χ4v) is 7.11. The number of aromatic nitrogens is 1. The van der Waals surface area contributed by atoms with Crippen LogP contribution < -0.4 is 0 Å². The van der Waals surface area contributed by atoms with Crippen molar-refractivity contribution in [2.75, 3.05) is 0 Å². The minimum Gasteiger partial charge on any atom is -0.511 e. The van der Waals surface area contributed by atoms with Crippen molar-refractivity contribution in [3.05, 3.63) is 76.5 Å². The second-order valence-electron chi connectivity index (χ2n) is 11.5. The van der Waals surface area contributed by atoms with Crippen molar-refractivity contribution in [1.82, 2.24) is 4.98 Å². The van der Waals surface area contributed by atoms with Crippen LogP contribution in [0.15, 0.2) is 70.3 Å². The monoisotopic (exact) mass is 503 g/mol. The number of ether oxygens (including phenoxy) is 1. The van der Waals surface area contributed by atoms with Gasteiger partial charge < -0.3 is 14.8 Å². The second-order valence-corrected chi connectivity index (χ2v) is 12.5. The topological polar surface area (TPSA) is 62.3 Å². The number of thioether (sulfide) groups is 1. The van der Waals surface area contributed by atoms with E-state index in [4.69, 9.17) is 4.74 Å². The first-order chi connectivity index (χ1) is 17.2. The van der Waals surface area contributed by atoms with Gasteiger partial charge in [-0.05, 0) is 66.3 Å². The molecule has 1 aliphatic heterocycles. The Balaban J connectivity index is 1.47. The predicted molar refractivity (Wildman–Crippen MR) is 147 cm³/mol. The zero-order valence-electron chi connectivity index (χ0n) is 21.6. The van der Waals surface area contributed by atoms with E-state index < -0.39 is 5.60 Å². The van der Waals surface area contributed by atoms with Crippen molar-refractivity contribution in [2.45, 2.75) is 88.0 Å². The van der Waals surface area contributed by atoms with Crippen molar-refractivity contribution in [3.63, 3.8) is 0 Å². The average molecular weight is 504 g/mol. The Morgan fingerprint density at radius 1 is 1.08 bits per heavy atom. The molecule has 5 rings (SSSR count). The van der Waals surface area contributed by atoms with Crippen LogP contribution in [0, 0.1) is 5.92 Å². The quantitative estimate of drug-likeness (QED) is 0.333. The Kier molecular flexibility index (Phi) is 6.95. The summed E-state index contributed by atoms with van der Waals surface area (Å²) in [4.78, 5) is 18.2. The number of rotatable bonds is 6. The lowest BCUT2D eigenvalue weighted by Crippen LogP contribution is -2.47. The third kappa shape index (κ3) is 5.08. The number of benzene rings is 2. The zero-order chi connectivity index (χ0) is 25.3. The highest BCUT2D eigenvalue weighted by Gasteiger charge is 2.47. The van der Waals surface area contributed by atoms with E-state index in [9.17, 15) is 9.90 Å². The Morgan fingerprint density at radius 2 is 1.83 bits per heavy atom. The molecule has 2 aliphatic rings. The summed E-state index contributed by atoms with van der Waals surface area (Å²) < 4.78 is 6.40. The molecule has 36 heavy (non-hydrogen) atoms. The molecule has 1 atom stereocenters. The SMILES string of the molecule is CC(C)(C)c1cc2[nH]ccc2cc1SC1=C(O)C[C@@](CCc2ccccc2)(C2CCCCC2)OC1=O. The second kappa shape index (κ2) is 10.0. The molecule has 0 spiro atoms. The maximum atomic E-state index is 13.6.